The van der Waals surface area contributed by atoms with Gasteiger partial charge in [-0.15, -0.1) is 0 Å². The molecule has 4 saturated carbocycles. The van der Waals surface area contributed by atoms with Gasteiger partial charge in [0.2, 0.25) is 0 Å². The van der Waals surface area contributed by atoms with Crippen LogP contribution < -0.4 is 5.73 Å². The summed E-state index contributed by atoms with van der Waals surface area (Å²) in [6, 6.07) is 0. The normalized spacial score (nSPS) is 47.0. The fourth-order valence-electron chi connectivity index (χ4n) is 7.54. The molecule has 0 aromatic heterocycles. The van der Waals surface area contributed by atoms with Crippen molar-refractivity contribution in [3.63, 3.8) is 0 Å². The molecule has 7 atom stereocenters. The van der Waals surface area contributed by atoms with Crippen LogP contribution in [0.5, 0.6) is 0 Å². The van der Waals surface area contributed by atoms with E-state index in [1.54, 1.807) is 0 Å². The molecule has 0 heterocycles. The molecule has 3 nitrogen and oxygen atoms in total. The Bertz CT molecular complexity index is 640. The van der Waals surface area contributed by atoms with Gasteiger partial charge < -0.3 is 5.73 Å². The van der Waals surface area contributed by atoms with Crippen LogP contribution in [-0.2, 0) is 9.59 Å². The SMILES string of the molecule is C[C@]12CCC(C=CCCCN)CC1C(=O)C[C@@H]1[C@H]2CC[C@]2(C)C(=O)CC[C@@H]12. The van der Waals surface area contributed by atoms with E-state index in [1.165, 1.54) is 12.8 Å². The molecule has 4 fully saturated rings. The first-order valence-corrected chi connectivity index (χ1v) is 11.3. The zero-order valence-corrected chi connectivity index (χ0v) is 17.2. The number of hydrogen-bond donors (Lipinski definition) is 1. The Labute approximate surface area is 164 Å². The number of unbranched alkanes of at least 4 members (excludes halogenated alkanes) is 1. The molecule has 0 radical (unpaired) electrons. The van der Waals surface area contributed by atoms with Gasteiger partial charge in [-0.25, -0.2) is 0 Å². The maximum Gasteiger partial charge on any atom is 0.139 e. The van der Waals surface area contributed by atoms with E-state index in [1.807, 2.05) is 0 Å². The number of ketones is 2. The van der Waals surface area contributed by atoms with E-state index in [2.05, 4.69) is 26.0 Å². The van der Waals surface area contributed by atoms with Gasteiger partial charge in [0.25, 0.3) is 0 Å². The van der Waals surface area contributed by atoms with Crippen molar-refractivity contribution in [3.05, 3.63) is 12.2 Å². The summed E-state index contributed by atoms with van der Waals surface area (Å²) in [5.74, 6) is 3.33. The summed E-state index contributed by atoms with van der Waals surface area (Å²) in [7, 11) is 0. The van der Waals surface area contributed by atoms with Gasteiger partial charge in [0.15, 0.2) is 0 Å². The minimum absolute atomic E-state index is 0.131. The third kappa shape index (κ3) is 3.05. The van der Waals surface area contributed by atoms with E-state index in [0.717, 1.165) is 57.9 Å². The Kier molecular flexibility index (Phi) is 5.12. The van der Waals surface area contributed by atoms with Gasteiger partial charge in [0, 0.05) is 24.2 Å². The third-order valence-corrected chi connectivity index (χ3v) is 9.19. The first-order valence-electron chi connectivity index (χ1n) is 11.3. The van der Waals surface area contributed by atoms with Crippen LogP contribution in [0, 0.1) is 40.4 Å². The second-order valence-corrected chi connectivity index (χ2v) is 10.4. The summed E-state index contributed by atoms with van der Waals surface area (Å²) >= 11 is 0. The van der Waals surface area contributed by atoms with Gasteiger partial charge in [0.05, 0.1) is 0 Å². The first-order chi connectivity index (χ1) is 12.9. The Morgan fingerprint density at radius 1 is 1.11 bits per heavy atom. The summed E-state index contributed by atoms with van der Waals surface area (Å²) in [5, 5.41) is 0. The lowest BCUT2D eigenvalue weighted by Gasteiger charge is -2.59. The largest absolute Gasteiger partial charge is 0.330 e. The number of carbonyl (C=O) groups is 2. The van der Waals surface area contributed by atoms with Crippen LogP contribution >= 0.6 is 0 Å². The van der Waals surface area contributed by atoms with Crippen LogP contribution in [0.2, 0.25) is 0 Å². The quantitative estimate of drug-likeness (QED) is 0.576. The summed E-state index contributed by atoms with van der Waals surface area (Å²) in [5.41, 5.74) is 5.62. The molecule has 0 aromatic carbocycles. The van der Waals surface area contributed by atoms with E-state index in [-0.39, 0.29) is 16.7 Å². The van der Waals surface area contributed by atoms with Crippen molar-refractivity contribution in [1.29, 1.82) is 0 Å². The van der Waals surface area contributed by atoms with Gasteiger partial charge in [0.1, 0.15) is 11.6 Å². The number of allylic oxidation sites excluding steroid dienone is 2. The maximum atomic E-state index is 13.3. The molecule has 4 rings (SSSR count). The lowest BCUT2D eigenvalue weighted by molar-refractivity contribution is -0.157. The van der Waals surface area contributed by atoms with Crippen LogP contribution in [0.15, 0.2) is 12.2 Å². The van der Waals surface area contributed by atoms with Crippen molar-refractivity contribution in [2.45, 2.75) is 78.1 Å². The molecule has 0 saturated heterocycles. The third-order valence-electron chi connectivity index (χ3n) is 9.19. The predicted molar refractivity (Wildman–Crippen MR) is 108 cm³/mol. The monoisotopic (exact) mass is 371 g/mol. The minimum Gasteiger partial charge on any atom is -0.330 e. The lowest BCUT2D eigenvalue weighted by atomic mass is 9.44. The Morgan fingerprint density at radius 2 is 1.93 bits per heavy atom. The van der Waals surface area contributed by atoms with E-state index >= 15 is 0 Å². The second kappa shape index (κ2) is 7.13. The highest BCUT2D eigenvalue weighted by Crippen LogP contribution is 2.65. The van der Waals surface area contributed by atoms with Crippen molar-refractivity contribution < 1.29 is 9.59 Å². The molecule has 0 aromatic rings. The summed E-state index contributed by atoms with van der Waals surface area (Å²) in [6.07, 6.45) is 14.9. The van der Waals surface area contributed by atoms with Crippen molar-refractivity contribution in [3.8, 4) is 0 Å². The van der Waals surface area contributed by atoms with Crippen LogP contribution in [0.3, 0.4) is 0 Å². The summed E-state index contributed by atoms with van der Waals surface area (Å²) < 4.78 is 0. The molecule has 0 amide bonds. The number of rotatable bonds is 4. The highest BCUT2D eigenvalue weighted by Gasteiger charge is 2.62. The van der Waals surface area contributed by atoms with Crippen LogP contribution in [0.1, 0.15) is 78.1 Å². The number of nitrogens with two attached hydrogens (primary N) is 1. The van der Waals surface area contributed by atoms with Crippen LogP contribution in [-0.4, -0.2) is 18.1 Å². The fraction of sp³-hybridized carbons (Fsp3) is 0.833. The molecule has 2 unspecified atom stereocenters. The van der Waals surface area contributed by atoms with E-state index in [4.69, 9.17) is 5.73 Å². The van der Waals surface area contributed by atoms with Gasteiger partial charge >= 0.3 is 0 Å². The smallest absolute Gasteiger partial charge is 0.139 e. The molecule has 3 heteroatoms. The predicted octanol–water partition coefficient (Wildman–Crippen LogP) is 4.69. The zero-order chi connectivity index (χ0) is 19.2. The molecular formula is C24H37NO2. The van der Waals surface area contributed by atoms with Gasteiger partial charge in [-0.3, -0.25) is 9.59 Å². The minimum atomic E-state index is -0.131. The van der Waals surface area contributed by atoms with E-state index in [0.29, 0.717) is 35.2 Å². The van der Waals surface area contributed by atoms with Crippen molar-refractivity contribution in [2.75, 3.05) is 6.54 Å². The number of Topliss-reactive ketones (excluding diaryl/α,β-unsaturated/α-hetero) is 2. The molecule has 2 N–H and O–H groups in total. The molecule has 150 valence electrons. The van der Waals surface area contributed by atoms with Crippen molar-refractivity contribution >= 4 is 11.6 Å². The zero-order valence-electron chi connectivity index (χ0n) is 17.2. The molecule has 0 aliphatic heterocycles. The molecule has 0 spiro atoms. The van der Waals surface area contributed by atoms with Crippen molar-refractivity contribution in [2.24, 2.45) is 46.2 Å². The van der Waals surface area contributed by atoms with Crippen LogP contribution in [0.25, 0.3) is 0 Å². The lowest BCUT2D eigenvalue weighted by Crippen LogP contribution is -2.56. The topological polar surface area (TPSA) is 60.2 Å². The molecule has 4 aliphatic rings. The number of carbonyl (C=O) groups excluding carboxylic acids is 2. The first kappa shape index (κ1) is 19.4. The van der Waals surface area contributed by atoms with Crippen molar-refractivity contribution in [1.82, 2.24) is 0 Å². The molecule has 0 bridgehead atoms. The molecule has 27 heavy (non-hydrogen) atoms. The van der Waals surface area contributed by atoms with E-state index < -0.39 is 0 Å². The molecule has 4 aliphatic carbocycles. The van der Waals surface area contributed by atoms with Crippen LogP contribution in [0.4, 0.5) is 0 Å². The number of fused-ring (bicyclic) bond motifs is 5. The number of hydrogen-bond acceptors (Lipinski definition) is 3. The summed E-state index contributed by atoms with van der Waals surface area (Å²) in [4.78, 5) is 25.8. The van der Waals surface area contributed by atoms with Gasteiger partial charge in [-0.2, -0.15) is 0 Å². The standard InChI is InChI=1S/C24H37NO2/c1-23-11-9-16(6-4-3-5-13-25)14-20(23)21(26)15-17-18-7-8-22(27)24(18,2)12-10-19(17)23/h4,6,16-20H,3,5,7-15,25H2,1-2H3/t16?,17-,18-,19+,20?,23+,24-/m0/s1. The average Bonchev–Trinajstić information content (AvgIpc) is 2.95. The van der Waals surface area contributed by atoms with E-state index in [9.17, 15) is 9.59 Å². The Morgan fingerprint density at radius 3 is 2.70 bits per heavy atom. The fourth-order valence-corrected chi connectivity index (χ4v) is 7.54. The maximum absolute atomic E-state index is 13.3. The van der Waals surface area contributed by atoms with Gasteiger partial charge in [-0.1, -0.05) is 26.0 Å². The highest BCUT2D eigenvalue weighted by molar-refractivity contribution is 5.88. The second-order valence-electron chi connectivity index (χ2n) is 10.4. The Balaban J connectivity index is 1.52. The molecular weight excluding hydrogens is 334 g/mol. The Hall–Kier alpha value is -0.960. The highest BCUT2D eigenvalue weighted by atomic mass is 16.1. The average molecular weight is 372 g/mol. The summed E-state index contributed by atoms with van der Waals surface area (Å²) in [6.45, 7) is 5.37. The van der Waals surface area contributed by atoms with Gasteiger partial charge in [-0.05, 0) is 87.0 Å².